The molecular weight excluding hydrogens is 538 g/mol. The first-order chi connectivity index (χ1) is 19.3. The van der Waals surface area contributed by atoms with Crippen LogP contribution in [0.15, 0.2) is 162 Å². The molecule has 0 amide bonds. The zero-order chi connectivity index (χ0) is 26.2. The fraction of sp³-hybridized carbons (Fsp3) is 0.0270. The maximum Gasteiger partial charge on any atom is 0.121 e. The van der Waals surface area contributed by atoms with Gasteiger partial charge in [-0.3, -0.25) is 0 Å². The van der Waals surface area contributed by atoms with Gasteiger partial charge in [0.25, 0.3) is 0 Å². The zero-order valence-electron chi connectivity index (χ0n) is 21.3. The van der Waals surface area contributed by atoms with Crippen LogP contribution in [0.5, 0.6) is 0 Å². The quantitative estimate of drug-likeness (QED) is 0.206. The third-order valence-electron chi connectivity index (χ3n) is 7.75. The summed E-state index contributed by atoms with van der Waals surface area (Å²) >= 11 is 3.58. The summed E-state index contributed by atoms with van der Waals surface area (Å²) in [5.74, 6) is 0. The largest absolute Gasteiger partial charge is 0.322 e. The van der Waals surface area contributed by atoms with E-state index < -0.39 is 5.54 Å². The van der Waals surface area contributed by atoms with Gasteiger partial charge in [-0.05, 0) is 69.8 Å². The Bertz CT molecular complexity index is 1700. The molecule has 186 valence electrons. The molecule has 0 saturated heterocycles. The van der Waals surface area contributed by atoms with Gasteiger partial charge in [-0.2, -0.15) is 0 Å². The van der Waals surface area contributed by atoms with E-state index in [0.29, 0.717) is 0 Å². The summed E-state index contributed by atoms with van der Waals surface area (Å²) in [7, 11) is 0. The number of para-hydroxylation sites is 1. The van der Waals surface area contributed by atoms with Gasteiger partial charge in [-0.1, -0.05) is 137 Å². The highest BCUT2D eigenvalue weighted by Crippen LogP contribution is 2.57. The first-order valence-electron chi connectivity index (χ1n) is 13.2. The minimum absolute atomic E-state index is 0.563. The van der Waals surface area contributed by atoms with Crippen molar-refractivity contribution in [3.8, 4) is 22.3 Å². The average molecular weight is 565 g/mol. The van der Waals surface area contributed by atoms with E-state index in [2.05, 4.69) is 179 Å². The molecule has 0 unspecified atom stereocenters. The van der Waals surface area contributed by atoms with Crippen molar-refractivity contribution in [1.82, 2.24) is 0 Å². The van der Waals surface area contributed by atoms with Crippen molar-refractivity contribution < 1.29 is 0 Å². The number of anilines is 2. The summed E-state index contributed by atoms with van der Waals surface area (Å²) in [4.78, 5) is 2.54. The maximum absolute atomic E-state index is 3.58. The number of halogens is 1. The summed E-state index contributed by atoms with van der Waals surface area (Å²) in [6.07, 6.45) is 0. The van der Waals surface area contributed by atoms with Crippen molar-refractivity contribution in [2.75, 3.05) is 4.90 Å². The van der Waals surface area contributed by atoms with E-state index in [1.165, 1.54) is 44.6 Å². The molecule has 7 rings (SSSR count). The van der Waals surface area contributed by atoms with Crippen molar-refractivity contribution in [3.05, 3.63) is 179 Å². The van der Waals surface area contributed by atoms with Crippen molar-refractivity contribution in [2.45, 2.75) is 5.54 Å². The molecule has 0 atom stereocenters. The summed E-state index contributed by atoms with van der Waals surface area (Å²) in [6.45, 7) is 0. The number of hydrogen-bond donors (Lipinski definition) is 0. The van der Waals surface area contributed by atoms with E-state index in [4.69, 9.17) is 0 Å². The highest BCUT2D eigenvalue weighted by atomic mass is 79.9. The van der Waals surface area contributed by atoms with Crippen LogP contribution in [0.4, 0.5) is 11.4 Å². The molecule has 2 heteroatoms. The monoisotopic (exact) mass is 563 g/mol. The van der Waals surface area contributed by atoms with Crippen LogP contribution in [-0.4, -0.2) is 0 Å². The smallest absolute Gasteiger partial charge is 0.121 e. The molecule has 0 saturated carbocycles. The molecule has 0 aliphatic carbocycles. The summed E-state index contributed by atoms with van der Waals surface area (Å²) < 4.78 is 1.08. The van der Waals surface area contributed by atoms with Crippen molar-refractivity contribution in [1.29, 1.82) is 0 Å². The molecule has 0 radical (unpaired) electrons. The molecule has 0 aromatic heterocycles. The topological polar surface area (TPSA) is 3.24 Å². The van der Waals surface area contributed by atoms with Crippen LogP contribution < -0.4 is 4.90 Å². The van der Waals surface area contributed by atoms with E-state index in [-0.39, 0.29) is 0 Å². The molecule has 6 aromatic rings. The first-order valence-corrected chi connectivity index (χ1v) is 14.0. The standard InChI is InChI=1S/C37H26BrN/c38-31-23-20-27(21-24-31)28-22-25-36-34(26-28)33-18-10-11-19-35(33)37(29-12-4-1-5-13-29,30-14-6-2-7-15-30)39(36)32-16-8-3-9-17-32/h1-26H. The minimum atomic E-state index is -0.563. The van der Waals surface area contributed by atoms with E-state index in [1.54, 1.807) is 0 Å². The van der Waals surface area contributed by atoms with Gasteiger partial charge in [0.1, 0.15) is 5.54 Å². The zero-order valence-corrected chi connectivity index (χ0v) is 22.9. The second-order valence-corrected chi connectivity index (χ2v) is 10.8. The molecule has 0 fully saturated rings. The van der Waals surface area contributed by atoms with E-state index in [0.717, 1.165) is 10.2 Å². The lowest BCUT2D eigenvalue weighted by molar-refractivity contribution is 0.622. The van der Waals surface area contributed by atoms with Gasteiger partial charge in [0.05, 0.1) is 5.69 Å². The highest BCUT2D eigenvalue weighted by molar-refractivity contribution is 9.10. The second kappa shape index (κ2) is 9.72. The predicted octanol–water partition coefficient (Wildman–Crippen LogP) is 10.2. The SMILES string of the molecule is Brc1ccc(-c2ccc3c(c2)-c2ccccc2C(c2ccccc2)(c2ccccc2)N3c2ccccc2)cc1. The van der Waals surface area contributed by atoms with Gasteiger partial charge in [-0.25, -0.2) is 0 Å². The number of rotatable bonds is 4. The third kappa shape index (κ3) is 3.83. The average Bonchev–Trinajstić information content (AvgIpc) is 3.02. The Hall–Kier alpha value is -4.40. The van der Waals surface area contributed by atoms with Crippen LogP contribution in [0.3, 0.4) is 0 Å². The van der Waals surface area contributed by atoms with Crippen LogP contribution in [0.25, 0.3) is 22.3 Å². The van der Waals surface area contributed by atoms with Gasteiger partial charge < -0.3 is 4.90 Å². The van der Waals surface area contributed by atoms with Crippen molar-refractivity contribution >= 4 is 27.3 Å². The molecule has 39 heavy (non-hydrogen) atoms. The van der Waals surface area contributed by atoms with Gasteiger partial charge in [0, 0.05) is 15.7 Å². The molecular formula is C37H26BrN. The van der Waals surface area contributed by atoms with Gasteiger partial charge >= 0.3 is 0 Å². The molecule has 0 N–H and O–H groups in total. The molecule has 1 nitrogen and oxygen atoms in total. The summed E-state index contributed by atoms with van der Waals surface area (Å²) in [5.41, 5.74) is 10.4. The highest BCUT2D eigenvalue weighted by Gasteiger charge is 2.48. The molecule has 6 aromatic carbocycles. The third-order valence-corrected chi connectivity index (χ3v) is 8.28. The lowest BCUT2D eigenvalue weighted by Crippen LogP contribution is -2.48. The Balaban J connectivity index is 1.60. The first kappa shape index (κ1) is 23.7. The summed E-state index contributed by atoms with van der Waals surface area (Å²) in [5, 5.41) is 0. The van der Waals surface area contributed by atoms with Gasteiger partial charge in [0.15, 0.2) is 0 Å². The van der Waals surface area contributed by atoms with Gasteiger partial charge in [-0.15, -0.1) is 0 Å². The lowest BCUT2D eigenvalue weighted by Gasteiger charge is -2.51. The van der Waals surface area contributed by atoms with E-state index in [9.17, 15) is 0 Å². The number of hydrogen-bond acceptors (Lipinski definition) is 1. The lowest BCUT2D eigenvalue weighted by atomic mass is 9.69. The van der Waals surface area contributed by atoms with E-state index >= 15 is 0 Å². The Morgan fingerprint density at radius 2 is 1.00 bits per heavy atom. The van der Waals surface area contributed by atoms with Crippen LogP contribution >= 0.6 is 15.9 Å². The molecule has 1 heterocycles. The number of fused-ring (bicyclic) bond motifs is 3. The van der Waals surface area contributed by atoms with Crippen LogP contribution in [-0.2, 0) is 5.54 Å². The molecule has 0 bridgehead atoms. The van der Waals surface area contributed by atoms with Crippen molar-refractivity contribution in [2.24, 2.45) is 0 Å². The second-order valence-electron chi connectivity index (χ2n) is 9.90. The Morgan fingerprint density at radius 3 is 1.64 bits per heavy atom. The van der Waals surface area contributed by atoms with Crippen LogP contribution in [0.1, 0.15) is 16.7 Å². The minimum Gasteiger partial charge on any atom is -0.322 e. The van der Waals surface area contributed by atoms with Crippen molar-refractivity contribution in [3.63, 3.8) is 0 Å². The van der Waals surface area contributed by atoms with E-state index in [1.807, 2.05) is 0 Å². The van der Waals surface area contributed by atoms with Crippen LogP contribution in [0.2, 0.25) is 0 Å². The summed E-state index contributed by atoms with van der Waals surface area (Å²) in [6, 6.07) is 57.1. The Kier molecular flexibility index (Phi) is 5.91. The number of benzene rings is 6. The molecule has 1 aliphatic heterocycles. The maximum atomic E-state index is 3.58. The fourth-order valence-corrected chi connectivity index (χ4v) is 6.37. The fourth-order valence-electron chi connectivity index (χ4n) is 6.11. The number of nitrogens with zero attached hydrogens (tertiary/aromatic N) is 1. The Labute approximate surface area is 238 Å². The van der Waals surface area contributed by atoms with Crippen LogP contribution in [0, 0.1) is 0 Å². The normalized spacial score (nSPS) is 13.4. The molecule has 0 spiro atoms. The predicted molar refractivity (Wildman–Crippen MR) is 166 cm³/mol. The van der Waals surface area contributed by atoms with Gasteiger partial charge in [0.2, 0.25) is 0 Å². The Morgan fingerprint density at radius 1 is 0.462 bits per heavy atom. The molecule has 1 aliphatic rings.